The first-order valence-electron chi connectivity index (χ1n) is 11.9. The van der Waals surface area contributed by atoms with Gasteiger partial charge in [0.1, 0.15) is 0 Å². The van der Waals surface area contributed by atoms with Crippen molar-refractivity contribution in [1.29, 1.82) is 0 Å². The first-order valence-corrected chi connectivity index (χ1v) is 11.9. The number of imide groups is 1. The quantitative estimate of drug-likeness (QED) is 0.398. The summed E-state index contributed by atoms with van der Waals surface area (Å²) >= 11 is 0. The van der Waals surface area contributed by atoms with Gasteiger partial charge in [-0.25, -0.2) is 0 Å². The van der Waals surface area contributed by atoms with Gasteiger partial charge in [-0.15, -0.1) is 0 Å². The summed E-state index contributed by atoms with van der Waals surface area (Å²) in [5.74, 6) is 0.399. The van der Waals surface area contributed by atoms with Gasteiger partial charge in [0.15, 0.2) is 6.10 Å². The third-order valence-electron chi connectivity index (χ3n) is 8.24. The predicted octanol–water partition coefficient (Wildman–Crippen LogP) is 2.34. The first-order chi connectivity index (χ1) is 14.8. The number of rotatable bonds is 6. The molecule has 1 aliphatic heterocycles. The summed E-state index contributed by atoms with van der Waals surface area (Å²) in [6.07, 6.45) is 11.1. The Balaban J connectivity index is 1.11. The first kappa shape index (κ1) is 20.7. The predicted molar refractivity (Wildman–Crippen MR) is 111 cm³/mol. The molecule has 0 radical (unpaired) electrons. The fourth-order valence-corrected chi connectivity index (χ4v) is 7.23. The molecule has 0 aromatic carbocycles. The Morgan fingerprint density at radius 3 is 2.06 bits per heavy atom. The van der Waals surface area contributed by atoms with Crippen LogP contribution in [0.3, 0.4) is 0 Å². The highest BCUT2D eigenvalue weighted by Crippen LogP contribution is 2.55. The van der Waals surface area contributed by atoms with Gasteiger partial charge in [0.25, 0.3) is 5.91 Å². The number of likely N-dealkylation sites (tertiary alicyclic amines) is 1. The standard InChI is InChI=1S/C24H32N2O5/c1-14(21(28)25-24-11-15-8-16(12-24)10-17(9-15)13-24)31-20(27)6-7-26-22(29)18-4-2-3-5-19(18)23(26)30/h2-3,14-19H,4-13H2,1H3,(H,25,28)/t14-,15?,16?,17?,18-,19+,24?/m1/s1. The second-order valence-electron chi connectivity index (χ2n) is 10.6. The minimum atomic E-state index is -0.878. The van der Waals surface area contributed by atoms with E-state index in [4.69, 9.17) is 4.74 Å². The van der Waals surface area contributed by atoms with Crippen molar-refractivity contribution < 1.29 is 23.9 Å². The molecule has 1 N–H and O–H groups in total. The lowest BCUT2D eigenvalue weighted by Crippen LogP contribution is -2.61. The van der Waals surface area contributed by atoms with Crippen molar-refractivity contribution in [3.05, 3.63) is 12.2 Å². The van der Waals surface area contributed by atoms with Crippen LogP contribution in [0.5, 0.6) is 0 Å². The highest BCUT2D eigenvalue weighted by molar-refractivity contribution is 6.05. The minimum absolute atomic E-state index is 0.0207. The highest BCUT2D eigenvalue weighted by atomic mass is 16.5. The summed E-state index contributed by atoms with van der Waals surface area (Å²) in [6, 6.07) is 0. The zero-order valence-corrected chi connectivity index (χ0v) is 18.2. The van der Waals surface area contributed by atoms with Gasteiger partial charge in [-0.3, -0.25) is 24.1 Å². The fraction of sp³-hybridized carbons (Fsp3) is 0.750. The van der Waals surface area contributed by atoms with E-state index in [0.29, 0.717) is 12.8 Å². The summed E-state index contributed by atoms with van der Waals surface area (Å²) < 4.78 is 5.36. The molecule has 0 spiro atoms. The number of esters is 1. The molecule has 7 nitrogen and oxygen atoms in total. The molecule has 6 rings (SSSR count). The van der Waals surface area contributed by atoms with Gasteiger partial charge in [-0.1, -0.05) is 12.2 Å². The van der Waals surface area contributed by atoms with E-state index in [0.717, 1.165) is 37.0 Å². The molecule has 6 aliphatic rings. The van der Waals surface area contributed by atoms with Crippen LogP contribution in [-0.2, 0) is 23.9 Å². The normalized spacial score (nSPS) is 38.9. The van der Waals surface area contributed by atoms with Crippen LogP contribution in [0, 0.1) is 29.6 Å². The minimum Gasteiger partial charge on any atom is -0.452 e. The van der Waals surface area contributed by atoms with E-state index in [1.807, 2.05) is 12.2 Å². The maximum atomic E-state index is 12.8. The molecule has 5 fully saturated rings. The smallest absolute Gasteiger partial charge is 0.308 e. The molecule has 31 heavy (non-hydrogen) atoms. The summed E-state index contributed by atoms with van der Waals surface area (Å²) in [7, 11) is 0. The summed E-state index contributed by atoms with van der Waals surface area (Å²) in [6.45, 7) is 1.62. The zero-order valence-electron chi connectivity index (χ0n) is 18.2. The van der Waals surface area contributed by atoms with E-state index >= 15 is 0 Å². The van der Waals surface area contributed by atoms with Crippen LogP contribution in [0.15, 0.2) is 12.2 Å². The lowest BCUT2D eigenvalue weighted by molar-refractivity contribution is -0.157. The molecule has 1 heterocycles. The maximum absolute atomic E-state index is 12.8. The number of carbonyl (C=O) groups excluding carboxylic acids is 4. The van der Waals surface area contributed by atoms with Crippen molar-refractivity contribution in [1.82, 2.24) is 10.2 Å². The van der Waals surface area contributed by atoms with Gasteiger partial charge in [-0.2, -0.15) is 0 Å². The summed E-state index contributed by atoms with van der Waals surface area (Å²) in [5, 5.41) is 3.23. The van der Waals surface area contributed by atoms with Crippen molar-refractivity contribution in [3.8, 4) is 0 Å². The SMILES string of the molecule is C[C@@H](OC(=O)CCN1C(=O)[C@H]2CC=CC[C@H]2C1=O)C(=O)NC12CC3CC(CC(C3)C1)C2. The number of nitrogens with one attached hydrogen (secondary N) is 1. The molecule has 0 aromatic heterocycles. The van der Waals surface area contributed by atoms with Crippen LogP contribution in [0.25, 0.3) is 0 Å². The fourth-order valence-electron chi connectivity index (χ4n) is 7.23. The number of hydrogen-bond donors (Lipinski definition) is 1. The Hall–Kier alpha value is -2.18. The topological polar surface area (TPSA) is 92.8 Å². The Labute approximate surface area is 182 Å². The molecular formula is C24H32N2O5. The molecule has 5 aliphatic carbocycles. The van der Waals surface area contributed by atoms with Gasteiger partial charge in [0, 0.05) is 12.1 Å². The van der Waals surface area contributed by atoms with Crippen LogP contribution in [0.1, 0.15) is 64.7 Å². The van der Waals surface area contributed by atoms with E-state index < -0.39 is 12.1 Å². The molecule has 7 heteroatoms. The Bertz CT molecular complexity index is 773. The summed E-state index contributed by atoms with van der Waals surface area (Å²) in [4.78, 5) is 51.3. The van der Waals surface area contributed by atoms with E-state index in [1.165, 1.54) is 24.2 Å². The summed E-state index contributed by atoms with van der Waals surface area (Å²) in [5.41, 5.74) is -0.120. The highest BCUT2D eigenvalue weighted by Gasteiger charge is 2.52. The molecule has 3 atom stereocenters. The average Bonchev–Trinajstić information content (AvgIpc) is 2.95. The van der Waals surface area contributed by atoms with Gasteiger partial charge in [0.05, 0.1) is 18.3 Å². The molecule has 1 saturated heterocycles. The number of amides is 3. The molecule has 4 saturated carbocycles. The van der Waals surface area contributed by atoms with Crippen LogP contribution in [-0.4, -0.2) is 46.8 Å². The van der Waals surface area contributed by atoms with Crippen molar-refractivity contribution in [2.24, 2.45) is 29.6 Å². The van der Waals surface area contributed by atoms with Gasteiger partial charge >= 0.3 is 5.97 Å². The van der Waals surface area contributed by atoms with Crippen LogP contribution in [0.4, 0.5) is 0 Å². The van der Waals surface area contributed by atoms with Gasteiger partial charge < -0.3 is 10.1 Å². The van der Waals surface area contributed by atoms with E-state index in [-0.39, 0.29) is 48.1 Å². The van der Waals surface area contributed by atoms with Crippen LogP contribution in [0.2, 0.25) is 0 Å². The zero-order chi connectivity index (χ0) is 21.8. The van der Waals surface area contributed by atoms with E-state index in [2.05, 4.69) is 5.32 Å². The number of carbonyl (C=O) groups is 4. The van der Waals surface area contributed by atoms with Crippen molar-refractivity contribution >= 4 is 23.7 Å². The van der Waals surface area contributed by atoms with Gasteiger partial charge in [-0.05, 0) is 76.0 Å². The molecule has 168 valence electrons. The Morgan fingerprint density at radius 2 is 1.55 bits per heavy atom. The number of allylic oxidation sites excluding steroid dienone is 2. The van der Waals surface area contributed by atoms with Crippen LogP contribution >= 0.6 is 0 Å². The molecular weight excluding hydrogens is 396 g/mol. The number of fused-ring (bicyclic) bond motifs is 1. The van der Waals surface area contributed by atoms with Crippen molar-refractivity contribution in [2.75, 3.05) is 6.54 Å². The third-order valence-corrected chi connectivity index (χ3v) is 8.24. The molecule has 3 amide bonds. The maximum Gasteiger partial charge on any atom is 0.308 e. The molecule has 4 bridgehead atoms. The van der Waals surface area contributed by atoms with Crippen molar-refractivity contribution in [3.63, 3.8) is 0 Å². The number of ether oxygens (including phenoxy) is 1. The second kappa shape index (κ2) is 7.75. The monoisotopic (exact) mass is 428 g/mol. The lowest BCUT2D eigenvalue weighted by Gasteiger charge is -2.57. The second-order valence-corrected chi connectivity index (χ2v) is 10.6. The lowest BCUT2D eigenvalue weighted by atomic mass is 9.53. The Kier molecular flexibility index (Phi) is 5.18. The Morgan fingerprint density at radius 1 is 1.03 bits per heavy atom. The van der Waals surface area contributed by atoms with E-state index in [9.17, 15) is 19.2 Å². The third kappa shape index (κ3) is 3.80. The molecule has 0 unspecified atom stereocenters. The average molecular weight is 429 g/mol. The molecule has 0 aromatic rings. The van der Waals surface area contributed by atoms with Crippen LogP contribution < -0.4 is 5.32 Å². The number of hydrogen-bond acceptors (Lipinski definition) is 5. The van der Waals surface area contributed by atoms with Gasteiger partial charge in [0.2, 0.25) is 11.8 Å². The van der Waals surface area contributed by atoms with E-state index in [1.54, 1.807) is 6.92 Å². The number of nitrogens with zero attached hydrogens (tertiary/aromatic N) is 1. The largest absolute Gasteiger partial charge is 0.452 e. The van der Waals surface area contributed by atoms with Crippen molar-refractivity contribution in [2.45, 2.75) is 76.4 Å².